The zero-order chi connectivity index (χ0) is 23.0. The molecule has 0 saturated carbocycles. The van der Waals surface area contributed by atoms with Crippen LogP contribution in [0.1, 0.15) is 20.3 Å². The lowest BCUT2D eigenvalue weighted by molar-refractivity contribution is -0.0939. The third-order valence-electron chi connectivity index (χ3n) is 6.27. The maximum atomic E-state index is 15.0. The minimum atomic E-state index is -0.882. The van der Waals surface area contributed by atoms with E-state index in [0.717, 1.165) is 0 Å². The second-order valence-electron chi connectivity index (χ2n) is 8.21. The number of aromatic nitrogens is 1. The molecule has 0 amide bonds. The lowest BCUT2D eigenvalue weighted by Gasteiger charge is -2.47. The summed E-state index contributed by atoms with van der Waals surface area (Å²) in [5, 5.41) is -0.174. The minimum Gasteiger partial charge on any atom is -0.374 e. The number of methoxy groups -OCH3 is 1. The van der Waals surface area contributed by atoms with Crippen molar-refractivity contribution < 1.29 is 17.9 Å². The number of likely N-dealkylation sites (N-methyl/N-ethyl adjacent to an activating group) is 1. The summed E-state index contributed by atoms with van der Waals surface area (Å²) in [7, 11) is 5.60. The van der Waals surface area contributed by atoms with E-state index in [2.05, 4.69) is 28.5 Å². The Hall–Kier alpha value is -1.68. The Labute approximate surface area is 190 Å². The van der Waals surface area contributed by atoms with Crippen LogP contribution in [0.2, 0.25) is 5.02 Å². The number of anilines is 2. The largest absolute Gasteiger partial charge is 0.374 e. The summed E-state index contributed by atoms with van der Waals surface area (Å²) in [6.07, 6.45) is 0.678. The smallest absolute Gasteiger partial charge is 0.214 e. The van der Waals surface area contributed by atoms with Crippen molar-refractivity contribution in [1.82, 2.24) is 9.88 Å². The minimum absolute atomic E-state index is 0.138. The van der Waals surface area contributed by atoms with Crippen molar-refractivity contribution >= 4 is 35.1 Å². The normalized spacial score (nSPS) is 19.4. The number of ether oxygens (including phenoxy) is 1. The molecule has 2 heterocycles. The zero-order valence-electron chi connectivity index (χ0n) is 18.1. The van der Waals surface area contributed by atoms with E-state index >= 15 is 4.39 Å². The Morgan fingerprint density at radius 3 is 2.61 bits per heavy atom. The number of hydrogen-bond donors (Lipinski definition) is 1. The summed E-state index contributed by atoms with van der Waals surface area (Å²) in [4.78, 5) is 7.22. The Balaban J connectivity index is 1.85. The molecule has 2 aromatic rings. The monoisotopic (exact) mass is 474 g/mol. The van der Waals surface area contributed by atoms with Gasteiger partial charge in [0.25, 0.3) is 0 Å². The molecule has 10 heteroatoms. The Bertz CT molecular complexity index is 962. The molecule has 1 aromatic heterocycles. The summed E-state index contributed by atoms with van der Waals surface area (Å²) >= 11 is 6.97. The van der Waals surface area contributed by atoms with Crippen LogP contribution in [0, 0.1) is 17.6 Å². The molecule has 0 aliphatic carbocycles. The molecule has 0 spiro atoms. The second-order valence-corrected chi connectivity index (χ2v) is 9.40. The number of benzene rings is 1. The number of nitrogens with zero attached hydrogens (tertiary/aromatic N) is 3. The van der Waals surface area contributed by atoms with Crippen molar-refractivity contribution in [2.24, 2.45) is 0 Å². The number of nitrogens with one attached hydrogen (secondary N) is 1. The van der Waals surface area contributed by atoms with Gasteiger partial charge in [-0.25, -0.2) is 13.8 Å². The van der Waals surface area contributed by atoms with E-state index in [1.54, 1.807) is 7.11 Å². The van der Waals surface area contributed by atoms with Gasteiger partial charge in [0, 0.05) is 31.8 Å². The SMILES string of the molecule is COC1(C(C)(C)N(C)C)CCN(c2cc(F)c(SNc3cccc(F)n3)c(F)c2Cl)C1. The standard InChI is InChI=1S/C21H26ClF3N4OS/c1-20(2,28(3)4)21(30-5)9-10-29(12-21)14-11-13(23)19(18(25)17(14)22)31-27-16-8-6-7-15(24)26-16/h6-8,11H,9-10,12H2,1-5H3,(H,26,27). The van der Waals surface area contributed by atoms with E-state index in [-0.39, 0.29) is 27.0 Å². The van der Waals surface area contributed by atoms with Crippen LogP contribution in [0.25, 0.3) is 0 Å². The highest BCUT2D eigenvalue weighted by Crippen LogP contribution is 2.43. The molecule has 0 bridgehead atoms. The van der Waals surface area contributed by atoms with Crippen molar-refractivity contribution in [2.45, 2.75) is 36.3 Å². The van der Waals surface area contributed by atoms with Crippen LogP contribution in [0.5, 0.6) is 0 Å². The van der Waals surface area contributed by atoms with Crippen LogP contribution < -0.4 is 9.62 Å². The third-order valence-corrected chi connectivity index (χ3v) is 7.52. The number of hydrogen-bond acceptors (Lipinski definition) is 6. The van der Waals surface area contributed by atoms with Gasteiger partial charge in [-0.15, -0.1) is 0 Å². The average molecular weight is 475 g/mol. The molecule has 1 fully saturated rings. The molecule has 0 radical (unpaired) electrons. The van der Waals surface area contributed by atoms with E-state index in [4.69, 9.17) is 16.3 Å². The summed E-state index contributed by atoms with van der Waals surface area (Å²) in [6.45, 7) is 5.14. The first-order valence-electron chi connectivity index (χ1n) is 9.73. The first kappa shape index (κ1) is 24.0. The van der Waals surface area contributed by atoms with E-state index in [1.807, 2.05) is 19.0 Å². The lowest BCUT2D eigenvalue weighted by atomic mass is 9.80. The van der Waals surface area contributed by atoms with Crippen LogP contribution in [-0.2, 0) is 4.74 Å². The average Bonchev–Trinajstić information content (AvgIpc) is 3.17. The molecule has 1 atom stereocenters. The number of halogens is 4. The van der Waals surface area contributed by atoms with Gasteiger partial charge in [0.05, 0.1) is 5.69 Å². The molecule has 3 rings (SSSR count). The first-order valence-corrected chi connectivity index (χ1v) is 10.9. The van der Waals surface area contributed by atoms with E-state index < -0.39 is 23.2 Å². The van der Waals surface area contributed by atoms with Gasteiger partial charge in [-0.3, -0.25) is 0 Å². The van der Waals surface area contributed by atoms with Gasteiger partial charge >= 0.3 is 0 Å². The number of rotatable bonds is 7. The van der Waals surface area contributed by atoms with Crippen molar-refractivity contribution in [1.29, 1.82) is 0 Å². The summed E-state index contributed by atoms with van der Waals surface area (Å²) in [5.41, 5.74) is -0.582. The van der Waals surface area contributed by atoms with Gasteiger partial charge in [-0.2, -0.15) is 4.39 Å². The fraction of sp³-hybridized carbons (Fsp3) is 0.476. The second kappa shape index (κ2) is 9.05. The Morgan fingerprint density at radius 1 is 1.29 bits per heavy atom. The van der Waals surface area contributed by atoms with Crippen molar-refractivity contribution in [2.75, 3.05) is 43.9 Å². The van der Waals surface area contributed by atoms with Crippen LogP contribution in [-0.4, -0.2) is 55.3 Å². The summed E-state index contributed by atoms with van der Waals surface area (Å²) in [6, 6.07) is 5.33. The van der Waals surface area contributed by atoms with E-state index in [9.17, 15) is 8.78 Å². The molecule has 1 aromatic carbocycles. The first-order chi connectivity index (χ1) is 14.5. The Morgan fingerprint density at radius 2 is 2.00 bits per heavy atom. The van der Waals surface area contributed by atoms with Gasteiger partial charge in [-0.1, -0.05) is 17.7 Å². The van der Waals surface area contributed by atoms with Crippen molar-refractivity contribution in [3.05, 3.63) is 46.9 Å². The molecule has 5 nitrogen and oxygen atoms in total. The molecule has 1 N–H and O–H groups in total. The molecular formula is C21H26ClF3N4OS. The molecular weight excluding hydrogens is 449 g/mol. The van der Waals surface area contributed by atoms with E-state index in [1.165, 1.54) is 24.3 Å². The van der Waals surface area contributed by atoms with Gasteiger partial charge in [-0.05, 0) is 58.4 Å². The van der Waals surface area contributed by atoms with Crippen molar-refractivity contribution in [3.63, 3.8) is 0 Å². The van der Waals surface area contributed by atoms with Crippen molar-refractivity contribution in [3.8, 4) is 0 Å². The van der Waals surface area contributed by atoms with Gasteiger partial charge in [0.15, 0.2) is 5.82 Å². The molecule has 1 aliphatic rings. The van der Waals surface area contributed by atoms with Crippen LogP contribution >= 0.6 is 23.5 Å². The van der Waals surface area contributed by atoms with Crippen LogP contribution in [0.4, 0.5) is 24.7 Å². The zero-order valence-corrected chi connectivity index (χ0v) is 19.7. The molecule has 170 valence electrons. The van der Waals surface area contributed by atoms with Gasteiger partial charge in [0.2, 0.25) is 5.95 Å². The highest BCUT2D eigenvalue weighted by Gasteiger charge is 2.51. The molecule has 1 unspecified atom stereocenters. The summed E-state index contributed by atoms with van der Waals surface area (Å²) in [5.74, 6) is -2.21. The maximum Gasteiger partial charge on any atom is 0.214 e. The van der Waals surface area contributed by atoms with E-state index in [0.29, 0.717) is 31.5 Å². The topological polar surface area (TPSA) is 40.6 Å². The Kier molecular flexibility index (Phi) is 7.00. The third kappa shape index (κ3) is 4.46. The highest BCUT2D eigenvalue weighted by molar-refractivity contribution is 8.00. The molecule has 1 aliphatic heterocycles. The highest BCUT2D eigenvalue weighted by atomic mass is 35.5. The molecule has 1 saturated heterocycles. The lowest BCUT2D eigenvalue weighted by Crippen LogP contribution is -2.60. The fourth-order valence-corrected chi connectivity index (χ4v) is 4.76. The predicted octanol–water partition coefficient (Wildman–Crippen LogP) is 5.21. The summed E-state index contributed by atoms with van der Waals surface area (Å²) < 4.78 is 51.6. The predicted molar refractivity (Wildman–Crippen MR) is 119 cm³/mol. The molecule has 31 heavy (non-hydrogen) atoms. The quantitative estimate of drug-likeness (QED) is 0.337. The van der Waals surface area contributed by atoms with Crippen LogP contribution in [0.3, 0.4) is 0 Å². The van der Waals surface area contributed by atoms with Gasteiger partial charge in [0.1, 0.15) is 27.2 Å². The van der Waals surface area contributed by atoms with Crippen LogP contribution in [0.15, 0.2) is 29.2 Å². The number of pyridine rings is 1. The maximum absolute atomic E-state index is 15.0. The van der Waals surface area contributed by atoms with Gasteiger partial charge < -0.3 is 19.3 Å². The fourth-order valence-electron chi connectivity index (χ4n) is 3.77.